The summed E-state index contributed by atoms with van der Waals surface area (Å²) in [5, 5.41) is 0. The zero-order valence-corrected chi connectivity index (χ0v) is 10.0. The zero-order chi connectivity index (χ0) is 12.1. The molecule has 0 atom stereocenters. The van der Waals surface area contributed by atoms with Gasteiger partial charge < -0.3 is 10.5 Å². The van der Waals surface area contributed by atoms with Crippen LogP contribution < -0.4 is 10.5 Å². The van der Waals surface area contributed by atoms with Crippen molar-refractivity contribution in [1.82, 2.24) is 0 Å². The maximum Gasteiger partial charge on any atom is 0.119 e. The number of aryl methyl sites for hydroxylation is 1. The lowest BCUT2D eigenvalue weighted by Crippen LogP contribution is -1.99. The van der Waals surface area contributed by atoms with E-state index in [1.807, 2.05) is 42.5 Å². The highest BCUT2D eigenvalue weighted by Gasteiger charge is 1.97. The fourth-order valence-electron chi connectivity index (χ4n) is 1.65. The Morgan fingerprint density at radius 2 is 1.71 bits per heavy atom. The zero-order valence-electron chi connectivity index (χ0n) is 10.0. The summed E-state index contributed by atoms with van der Waals surface area (Å²) in [5.41, 5.74) is 9.12. The summed E-state index contributed by atoms with van der Waals surface area (Å²) in [4.78, 5) is 0. The van der Waals surface area contributed by atoms with Gasteiger partial charge in [0.05, 0.1) is 0 Å². The molecule has 2 N–H and O–H groups in total. The Balaban J connectivity index is 1.99. The maximum absolute atomic E-state index is 5.71. The standard InChI is InChI=1S/C15H17NO/c1-12-5-7-15(8-6-12)17-11-14-4-2-3-13(9-14)10-16/h2-9H,10-11,16H2,1H3. The molecule has 0 saturated heterocycles. The molecule has 17 heavy (non-hydrogen) atoms. The van der Waals surface area contributed by atoms with Crippen molar-refractivity contribution in [1.29, 1.82) is 0 Å². The Hall–Kier alpha value is -1.80. The lowest BCUT2D eigenvalue weighted by atomic mass is 10.1. The van der Waals surface area contributed by atoms with Gasteiger partial charge in [-0.25, -0.2) is 0 Å². The fraction of sp³-hybridized carbons (Fsp3) is 0.200. The molecule has 2 nitrogen and oxygen atoms in total. The van der Waals surface area contributed by atoms with E-state index in [1.165, 1.54) is 5.56 Å². The molecule has 2 aromatic rings. The van der Waals surface area contributed by atoms with Gasteiger partial charge >= 0.3 is 0 Å². The predicted molar refractivity (Wildman–Crippen MR) is 69.8 cm³/mol. The Morgan fingerprint density at radius 3 is 2.41 bits per heavy atom. The van der Waals surface area contributed by atoms with Crippen LogP contribution in [0.2, 0.25) is 0 Å². The molecular weight excluding hydrogens is 210 g/mol. The fourth-order valence-corrected chi connectivity index (χ4v) is 1.65. The summed E-state index contributed by atoms with van der Waals surface area (Å²) in [5.74, 6) is 0.897. The number of rotatable bonds is 4. The van der Waals surface area contributed by atoms with Crippen molar-refractivity contribution in [3.63, 3.8) is 0 Å². The highest BCUT2D eigenvalue weighted by Crippen LogP contribution is 2.14. The quantitative estimate of drug-likeness (QED) is 0.871. The van der Waals surface area contributed by atoms with Crippen LogP contribution in [-0.2, 0) is 13.2 Å². The third-order valence-electron chi connectivity index (χ3n) is 2.65. The predicted octanol–water partition coefficient (Wildman–Crippen LogP) is 3.03. The van der Waals surface area contributed by atoms with Gasteiger partial charge in [-0.1, -0.05) is 42.0 Å². The van der Waals surface area contributed by atoms with Gasteiger partial charge in [0.15, 0.2) is 0 Å². The molecule has 2 rings (SSSR count). The van der Waals surface area contributed by atoms with E-state index >= 15 is 0 Å². The highest BCUT2D eigenvalue weighted by atomic mass is 16.5. The number of ether oxygens (including phenoxy) is 1. The van der Waals surface area contributed by atoms with Crippen LogP contribution in [0.1, 0.15) is 16.7 Å². The Kier molecular flexibility index (Phi) is 3.78. The van der Waals surface area contributed by atoms with Crippen molar-refractivity contribution < 1.29 is 4.74 Å². The number of hydrogen-bond donors (Lipinski definition) is 1. The van der Waals surface area contributed by atoms with Crippen LogP contribution in [0.25, 0.3) is 0 Å². The molecule has 88 valence electrons. The van der Waals surface area contributed by atoms with Crippen LogP contribution in [0.5, 0.6) is 5.75 Å². The van der Waals surface area contributed by atoms with Gasteiger partial charge in [0.25, 0.3) is 0 Å². The average molecular weight is 227 g/mol. The van der Waals surface area contributed by atoms with Crippen molar-refractivity contribution in [3.05, 3.63) is 65.2 Å². The third kappa shape index (κ3) is 3.33. The first kappa shape index (κ1) is 11.7. The van der Waals surface area contributed by atoms with E-state index < -0.39 is 0 Å². The Morgan fingerprint density at radius 1 is 1.00 bits per heavy atom. The van der Waals surface area contributed by atoms with E-state index in [1.54, 1.807) is 0 Å². The average Bonchev–Trinajstić information content (AvgIpc) is 2.38. The highest BCUT2D eigenvalue weighted by molar-refractivity contribution is 5.27. The van der Waals surface area contributed by atoms with Crippen LogP contribution in [-0.4, -0.2) is 0 Å². The minimum absolute atomic E-state index is 0.568. The molecule has 0 heterocycles. The summed E-state index contributed by atoms with van der Waals surface area (Å²) >= 11 is 0. The van der Waals surface area contributed by atoms with E-state index in [-0.39, 0.29) is 0 Å². The molecule has 2 heteroatoms. The van der Waals surface area contributed by atoms with Crippen molar-refractivity contribution in [2.45, 2.75) is 20.1 Å². The molecule has 0 fully saturated rings. The first-order valence-electron chi connectivity index (χ1n) is 5.75. The first-order valence-corrected chi connectivity index (χ1v) is 5.75. The van der Waals surface area contributed by atoms with Crippen LogP contribution in [0.4, 0.5) is 0 Å². The molecule has 2 aromatic carbocycles. The Bertz CT molecular complexity index is 477. The SMILES string of the molecule is Cc1ccc(OCc2cccc(CN)c2)cc1. The summed E-state index contributed by atoms with van der Waals surface area (Å²) in [7, 11) is 0. The van der Waals surface area contributed by atoms with E-state index in [2.05, 4.69) is 13.0 Å². The second-order valence-electron chi connectivity index (χ2n) is 4.13. The van der Waals surface area contributed by atoms with E-state index in [4.69, 9.17) is 10.5 Å². The molecule has 0 aliphatic rings. The van der Waals surface area contributed by atoms with Crippen LogP contribution in [0, 0.1) is 6.92 Å². The lowest BCUT2D eigenvalue weighted by Gasteiger charge is -2.07. The van der Waals surface area contributed by atoms with Crippen LogP contribution >= 0.6 is 0 Å². The van der Waals surface area contributed by atoms with Gasteiger partial charge in [-0.05, 0) is 30.2 Å². The van der Waals surface area contributed by atoms with Crippen LogP contribution in [0.3, 0.4) is 0 Å². The Labute approximate surface area is 102 Å². The summed E-state index contributed by atoms with van der Waals surface area (Å²) in [6, 6.07) is 16.2. The van der Waals surface area contributed by atoms with Crippen molar-refractivity contribution >= 4 is 0 Å². The minimum atomic E-state index is 0.568. The number of benzene rings is 2. The molecular formula is C15H17NO. The van der Waals surface area contributed by atoms with Crippen molar-refractivity contribution in [2.24, 2.45) is 5.73 Å². The van der Waals surface area contributed by atoms with E-state index in [9.17, 15) is 0 Å². The van der Waals surface area contributed by atoms with E-state index in [0.717, 1.165) is 16.9 Å². The molecule has 0 aliphatic heterocycles. The van der Waals surface area contributed by atoms with E-state index in [0.29, 0.717) is 13.2 Å². The molecule has 0 spiro atoms. The molecule has 0 saturated carbocycles. The number of nitrogens with two attached hydrogens (primary N) is 1. The normalized spacial score (nSPS) is 10.2. The molecule has 0 aliphatic carbocycles. The van der Waals surface area contributed by atoms with Crippen molar-refractivity contribution in [3.8, 4) is 5.75 Å². The summed E-state index contributed by atoms with van der Waals surface area (Å²) < 4.78 is 5.71. The first-order chi connectivity index (χ1) is 8.28. The van der Waals surface area contributed by atoms with Gasteiger partial charge in [0.2, 0.25) is 0 Å². The van der Waals surface area contributed by atoms with Crippen LogP contribution in [0.15, 0.2) is 48.5 Å². The molecule has 0 amide bonds. The monoisotopic (exact) mass is 227 g/mol. The second kappa shape index (κ2) is 5.51. The maximum atomic E-state index is 5.71. The third-order valence-corrected chi connectivity index (χ3v) is 2.65. The summed E-state index contributed by atoms with van der Waals surface area (Å²) in [6.45, 7) is 3.21. The molecule has 0 unspecified atom stereocenters. The van der Waals surface area contributed by atoms with Gasteiger partial charge in [-0.15, -0.1) is 0 Å². The second-order valence-corrected chi connectivity index (χ2v) is 4.13. The molecule has 0 radical (unpaired) electrons. The minimum Gasteiger partial charge on any atom is -0.489 e. The summed E-state index contributed by atoms with van der Waals surface area (Å²) in [6.07, 6.45) is 0. The number of hydrogen-bond acceptors (Lipinski definition) is 2. The van der Waals surface area contributed by atoms with Gasteiger partial charge in [-0.3, -0.25) is 0 Å². The molecule has 0 aromatic heterocycles. The van der Waals surface area contributed by atoms with Gasteiger partial charge in [0.1, 0.15) is 12.4 Å². The van der Waals surface area contributed by atoms with Gasteiger partial charge in [-0.2, -0.15) is 0 Å². The largest absolute Gasteiger partial charge is 0.489 e. The van der Waals surface area contributed by atoms with Crippen molar-refractivity contribution in [2.75, 3.05) is 0 Å². The topological polar surface area (TPSA) is 35.2 Å². The lowest BCUT2D eigenvalue weighted by molar-refractivity contribution is 0.306. The molecule has 0 bridgehead atoms. The smallest absolute Gasteiger partial charge is 0.119 e. The van der Waals surface area contributed by atoms with Gasteiger partial charge in [0, 0.05) is 6.54 Å².